The van der Waals surface area contributed by atoms with Crippen LogP contribution in [0.15, 0.2) is 61.3 Å². The standard InChI is InChI=1S/C27H22F2N4O4/c1-12-8-17(15(4)31-20-6-5-19(28)22(29)21(20)26-32-27(35)37-33-26)25-18(9-12)23(34)14(3)24(36-25)16-7-13(2)10-30-11-16/h5-11,15,31H,1-4H3,(H,32,33,35)/t15-/m1/s1. The SMILES string of the molecule is Cc1cncc(-c2oc3c([C@@H](C)Nc4ccc(F)c(F)c4-c4noc(=O)[nH]4)cc(C)cc3c(=O)c2C)c1. The van der Waals surface area contributed by atoms with Crippen LogP contribution in [0.3, 0.4) is 0 Å². The lowest BCUT2D eigenvalue weighted by Gasteiger charge is -2.20. The molecule has 2 N–H and O–H groups in total. The molecule has 0 unspecified atom stereocenters. The molecule has 0 saturated heterocycles. The Balaban J connectivity index is 1.67. The van der Waals surface area contributed by atoms with Crippen LogP contribution in [0.2, 0.25) is 0 Å². The smallest absolute Gasteiger partial charge is 0.439 e. The van der Waals surface area contributed by atoms with Crippen molar-refractivity contribution >= 4 is 16.7 Å². The van der Waals surface area contributed by atoms with Crippen LogP contribution in [0.5, 0.6) is 0 Å². The van der Waals surface area contributed by atoms with Gasteiger partial charge in [0.1, 0.15) is 11.3 Å². The van der Waals surface area contributed by atoms with E-state index in [0.717, 1.165) is 17.2 Å². The van der Waals surface area contributed by atoms with Gasteiger partial charge in [-0.15, -0.1) is 0 Å². The molecule has 3 aromatic heterocycles. The molecule has 0 aliphatic carbocycles. The van der Waals surface area contributed by atoms with E-state index in [2.05, 4.69) is 25.0 Å². The van der Waals surface area contributed by atoms with Gasteiger partial charge >= 0.3 is 5.76 Å². The number of anilines is 1. The average Bonchev–Trinajstić information content (AvgIpc) is 3.29. The van der Waals surface area contributed by atoms with Crippen LogP contribution in [0, 0.1) is 32.4 Å². The molecule has 1 atom stereocenters. The lowest BCUT2D eigenvalue weighted by atomic mass is 9.98. The third-order valence-corrected chi connectivity index (χ3v) is 6.14. The minimum absolute atomic E-state index is 0.156. The summed E-state index contributed by atoms with van der Waals surface area (Å²) in [5.74, 6) is -3.08. The number of hydrogen-bond donors (Lipinski definition) is 2. The number of hydrogen-bond acceptors (Lipinski definition) is 7. The molecule has 37 heavy (non-hydrogen) atoms. The zero-order chi connectivity index (χ0) is 26.4. The van der Waals surface area contributed by atoms with E-state index in [9.17, 15) is 18.4 Å². The second-order valence-electron chi connectivity index (χ2n) is 8.96. The number of fused-ring (bicyclic) bond motifs is 1. The van der Waals surface area contributed by atoms with E-state index in [4.69, 9.17) is 4.42 Å². The zero-order valence-corrected chi connectivity index (χ0v) is 20.4. The van der Waals surface area contributed by atoms with Gasteiger partial charge in [-0.3, -0.25) is 19.3 Å². The first-order chi connectivity index (χ1) is 17.6. The third kappa shape index (κ3) is 4.31. The van der Waals surface area contributed by atoms with Gasteiger partial charge in [-0.1, -0.05) is 11.2 Å². The summed E-state index contributed by atoms with van der Waals surface area (Å²) >= 11 is 0. The van der Waals surface area contributed by atoms with Crippen LogP contribution >= 0.6 is 0 Å². The number of halogens is 2. The van der Waals surface area contributed by atoms with E-state index in [-0.39, 0.29) is 22.5 Å². The molecule has 0 saturated carbocycles. The number of pyridine rings is 1. The summed E-state index contributed by atoms with van der Waals surface area (Å²) in [6.45, 7) is 7.25. The maximum atomic E-state index is 14.8. The number of nitrogens with one attached hydrogen (secondary N) is 2. The molecular weight excluding hydrogens is 482 g/mol. The molecule has 0 aliphatic heterocycles. The van der Waals surface area contributed by atoms with Crippen LogP contribution < -0.4 is 16.5 Å². The van der Waals surface area contributed by atoms with Crippen molar-refractivity contribution in [1.82, 2.24) is 15.1 Å². The van der Waals surface area contributed by atoms with E-state index in [1.54, 1.807) is 32.3 Å². The molecule has 8 nitrogen and oxygen atoms in total. The van der Waals surface area contributed by atoms with Gasteiger partial charge in [0.2, 0.25) is 0 Å². The number of aryl methyl sites for hydroxylation is 2. The fourth-order valence-corrected chi connectivity index (χ4v) is 4.39. The van der Waals surface area contributed by atoms with E-state index in [1.807, 2.05) is 26.0 Å². The average molecular weight is 504 g/mol. The summed E-state index contributed by atoms with van der Waals surface area (Å²) in [4.78, 5) is 31.3. The molecule has 0 amide bonds. The number of rotatable bonds is 5. The molecule has 0 spiro atoms. The predicted molar refractivity (Wildman–Crippen MR) is 134 cm³/mol. The highest BCUT2D eigenvalue weighted by Crippen LogP contribution is 2.35. The third-order valence-electron chi connectivity index (χ3n) is 6.14. The van der Waals surface area contributed by atoms with Crippen LogP contribution in [0.25, 0.3) is 33.7 Å². The van der Waals surface area contributed by atoms with Gasteiger partial charge < -0.3 is 9.73 Å². The fraction of sp³-hybridized carbons (Fsp3) is 0.185. The van der Waals surface area contributed by atoms with E-state index in [0.29, 0.717) is 33.4 Å². The van der Waals surface area contributed by atoms with Crippen molar-refractivity contribution in [2.75, 3.05) is 5.32 Å². The maximum absolute atomic E-state index is 14.8. The van der Waals surface area contributed by atoms with E-state index >= 15 is 0 Å². The largest absolute Gasteiger partial charge is 0.455 e. The number of aromatic amines is 1. The molecule has 2 aromatic carbocycles. The Kier molecular flexibility index (Phi) is 5.94. The Bertz CT molecular complexity index is 1790. The molecule has 0 aliphatic rings. The minimum atomic E-state index is -1.20. The molecule has 188 valence electrons. The van der Waals surface area contributed by atoms with Gasteiger partial charge in [0.25, 0.3) is 0 Å². The summed E-state index contributed by atoms with van der Waals surface area (Å²) in [5, 5.41) is 7.05. The Morgan fingerprint density at radius 2 is 1.81 bits per heavy atom. The van der Waals surface area contributed by atoms with Crippen molar-refractivity contribution in [1.29, 1.82) is 0 Å². The zero-order valence-electron chi connectivity index (χ0n) is 20.4. The second-order valence-corrected chi connectivity index (χ2v) is 8.96. The summed E-state index contributed by atoms with van der Waals surface area (Å²) in [5.41, 5.74) is 3.52. The van der Waals surface area contributed by atoms with Gasteiger partial charge in [0.15, 0.2) is 22.9 Å². The summed E-state index contributed by atoms with van der Waals surface area (Å²) in [6.07, 6.45) is 3.34. The number of nitrogens with zero attached hydrogens (tertiary/aromatic N) is 2. The van der Waals surface area contributed by atoms with Crippen molar-refractivity contribution in [2.45, 2.75) is 33.7 Å². The monoisotopic (exact) mass is 504 g/mol. The second kappa shape index (κ2) is 9.12. The molecule has 5 aromatic rings. The van der Waals surface area contributed by atoms with Crippen LogP contribution in [-0.2, 0) is 0 Å². The summed E-state index contributed by atoms with van der Waals surface area (Å²) in [7, 11) is 0. The van der Waals surface area contributed by atoms with Crippen molar-refractivity contribution in [3.63, 3.8) is 0 Å². The summed E-state index contributed by atoms with van der Waals surface area (Å²) in [6, 6.07) is 7.25. The molecule has 5 rings (SSSR count). The van der Waals surface area contributed by atoms with E-state index in [1.165, 1.54) is 6.07 Å². The molecule has 0 fully saturated rings. The predicted octanol–water partition coefficient (Wildman–Crippen LogP) is 5.57. The Labute approximate surface area is 209 Å². The van der Waals surface area contributed by atoms with Crippen molar-refractivity contribution in [2.24, 2.45) is 0 Å². The van der Waals surface area contributed by atoms with Gasteiger partial charge in [0.05, 0.1) is 17.0 Å². The topological polar surface area (TPSA) is 114 Å². The van der Waals surface area contributed by atoms with Crippen molar-refractivity contribution in [3.8, 4) is 22.7 Å². The quantitative estimate of drug-likeness (QED) is 0.321. The summed E-state index contributed by atoms with van der Waals surface area (Å²) < 4.78 is 39.7. The molecule has 10 heteroatoms. The van der Waals surface area contributed by atoms with Crippen LogP contribution in [-0.4, -0.2) is 15.1 Å². The van der Waals surface area contributed by atoms with Gasteiger partial charge in [0, 0.05) is 34.8 Å². The first-order valence-corrected chi connectivity index (χ1v) is 11.4. The lowest BCUT2D eigenvalue weighted by Crippen LogP contribution is -2.13. The van der Waals surface area contributed by atoms with Crippen molar-refractivity contribution in [3.05, 3.63) is 97.4 Å². The molecule has 0 radical (unpaired) electrons. The van der Waals surface area contributed by atoms with Gasteiger partial charge in [-0.25, -0.2) is 13.6 Å². The Hall–Kier alpha value is -4.60. The Morgan fingerprint density at radius 1 is 1.03 bits per heavy atom. The first-order valence-electron chi connectivity index (χ1n) is 11.4. The normalized spacial score (nSPS) is 12.2. The highest BCUT2D eigenvalue weighted by Gasteiger charge is 2.23. The highest BCUT2D eigenvalue weighted by atomic mass is 19.2. The molecule has 0 bridgehead atoms. The van der Waals surface area contributed by atoms with Crippen molar-refractivity contribution < 1.29 is 17.7 Å². The molecular formula is C27H22F2N4O4. The number of aromatic nitrogens is 3. The van der Waals surface area contributed by atoms with Crippen LogP contribution in [0.1, 0.15) is 35.2 Å². The fourth-order valence-electron chi connectivity index (χ4n) is 4.39. The maximum Gasteiger partial charge on any atom is 0.439 e. The Morgan fingerprint density at radius 3 is 2.51 bits per heavy atom. The van der Waals surface area contributed by atoms with Crippen LogP contribution in [0.4, 0.5) is 14.5 Å². The van der Waals surface area contributed by atoms with Gasteiger partial charge in [-0.2, -0.15) is 0 Å². The molecule has 3 heterocycles. The lowest BCUT2D eigenvalue weighted by molar-refractivity contribution is 0.387. The van der Waals surface area contributed by atoms with E-state index < -0.39 is 23.4 Å². The van der Waals surface area contributed by atoms with Gasteiger partial charge in [-0.05, 0) is 63.1 Å². The highest BCUT2D eigenvalue weighted by molar-refractivity contribution is 5.85. The number of H-pyrrole nitrogens is 1. The first kappa shape index (κ1) is 24.1. The minimum Gasteiger partial charge on any atom is -0.455 e. The number of benzene rings is 2.